The van der Waals surface area contributed by atoms with Crippen LogP contribution in [0.3, 0.4) is 0 Å². The number of fused-ring (bicyclic) bond motifs is 2. The third kappa shape index (κ3) is 3.73. The molecule has 1 aromatic heterocycles. The van der Waals surface area contributed by atoms with Crippen LogP contribution in [-0.2, 0) is 6.42 Å². The average molecular weight is 377 g/mol. The lowest BCUT2D eigenvalue weighted by Crippen LogP contribution is -2.47. The molecule has 2 aliphatic heterocycles. The molecule has 2 aromatic carbocycles. The Balaban J connectivity index is 1.07. The second-order valence-electron chi connectivity index (χ2n) is 7.81. The fraction of sp³-hybridized carbons (Fsp3) is 0.391. The lowest BCUT2D eigenvalue weighted by molar-refractivity contribution is -0.0703. The van der Waals surface area contributed by atoms with E-state index < -0.39 is 0 Å². The summed E-state index contributed by atoms with van der Waals surface area (Å²) in [4.78, 5) is 14.4. The first kappa shape index (κ1) is 17.6. The third-order valence-corrected chi connectivity index (χ3v) is 5.99. The highest BCUT2D eigenvalue weighted by Crippen LogP contribution is 2.24. The van der Waals surface area contributed by atoms with Crippen molar-refractivity contribution < 1.29 is 4.84 Å². The van der Waals surface area contributed by atoms with Crippen LogP contribution in [0.15, 0.2) is 54.7 Å². The van der Waals surface area contributed by atoms with Gasteiger partial charge in [0.2, 0.25) is 0 Å². The first-order valence-corrected chi connectivity index (χ1v) is 10.4. The fourth-order valence-electron chi connectivity index (χ4n) is 4.32. The molecule has 0 bridgehead atoms. The number of hydrogen-bond donors (Lipinski definition) is 1. The first-order valence-electron chi connectivity index (χ1n) is 10.4. The highest BCUT2D eigenvalue weighted by molar-refractivity contribution is 5.83. The summed E-state index contributed by atoms with van der Waals surface area (Å²) in [6, 6.07) is 17.3. The maximum atomic E-state index is 6.03. The smallest absolute Gasteiger partial charge is 0.150 e. The zero-order valence-electron chi connectivity index (χ0n) is 16.3. The number of nitrogens with one attached hydrogen (secondary N) is 1. The van der Waals surface area contributed by atoms with E-state index in [-0.39, 0.29) is 0 Å². The largest absolute Gasteiger partial charge is 0.406 e. The molecule has 5 rings (SSSR count). The van der Waals surface area contributed by atoms with E-state index >= 15 is 0 Å². The van der Waals surface area contributed by atoms with Gasteiger partial charge in [0.05, 0.1) is 0 Å². The van der Waals surface area contributed by atoms with Gasteiger partial charge in [-0.25, -0.2) is 0 Å². The molecule has 0 unspecified atom stereocenters. The molecule has 3 aromatic rings. The van der Waals surface area contributed by atoms with E-state index in [0.717, 1.165) is 64.4 Å². The first-order chi connectivity index (χ1) is 13.8. The molecule has 28 heavy (non-hydrogen) atoms. The lowest BCUT2D eigenvalue weighted by atomic mass is 10.1. The van der Waals surface area contributed by atoms with Gasteiger partial charge in [0.25, 0.3) is 0 Å². The summed E-state index contributed by atoms with van der Waals surface area (Å²) in [5.74, 6) is 1.03. The van der Waals surface area contributed by atoms with Crippen LogP contribution >= 0.6 is 0 Å². The molecular weight excluding hydrogens is 348 g/mol. The number of para-hydroxylation sites is 1. The van der Waals surface area contributed by atoms with Crippen LogP contribution in [0.5, 0.6) is 5.75 Å². The van der Waals surface area contributed by atoms with Crippen molar-refractivity contribution >= 4 is 16.6 Å². The summed E-state index contributed by atoms with van der Waals surface area (Å²) in [7, 11) is 0. The van der Waals surface area contributed by atoms with Crippen LogP contribution in [-0.4, -0.2) is 60.8 Å². The minimum Gasteiger partial charge on any atom is -0.406 e. The minimum atomic E-state index is 0.992. The normalized spacial score (nSPS) is 18.2. The van der Waals surface area contributed by atoms with Crippen molar-refractivity contribution in [2.24, 2.45) is 0 Å². The molecule has 1 N–H and O–H groups in total. The molecule has 0 atom stereocenters. The molecule has 146 valence electrons. The van der Waals surface area contributed by atoms with E-state index in [1.165, 1.54) is 22.2 Å². The number of hydrogen-bond acceptors (Lipinski definition) is 4. The third-order valence-electron chi connectivity index (χ3n) is 5.99. The van der Waals surface area contributed by atoms with Crippen molar-refractivity contribution in [1.82, 2.24) is 14.9 Å². The number of aromatic nitrogens is 1. The molecule has 1 fully saturated rings. The highest BCUT2D eigenvalue weighted by atomic mass is 16.7. The Kier molecular flexibility index (Phi) is 4.93. The Labute approximate surface area is 166 Å². The number of piperazine rings is 1. The van der Waals surface area contributed by atoms with E-state index in [1.807, 2.05) is 6.20 Å². The van der Waals surface area contributed by atoms with E-state index in [4.69, 9.17) is 4.84 Å². The summed E-state index contributed by atoms with van der Waals surface area (Å²) >= 11 is 0. The SMILES string of the molecule is c1ccc2c(c1)CCN(CCCN1CCN(c3ccc4[nH]ccc4c3)CC1)O2. The topological polar surface area (TPSA) is 34.7 Å². The zero-order valence-corrected chi connectivity index (χ0v) is 16.3. The van der Waals surface area contributed by atoms with Crippen LogP contribution in [0.2, 0.25) is 0 Å². The second kappa shape index (κ2) is 7.86. The molecule has 5 nitrogen and oxygen atoms in total. The van der Waals surface area contributed by atoms with E-state index in [1.54, 1.807) is 0 Å². The Hall–Kier alpha value is -2.50. The fourth-order valence-corrected chi connectivity index (χ4v) is 4.32. The van der Waals surface area contributed by atoms with Crippen molar-refractivity contribution in [1.29, 1.82) is 0 Å². The number of hydroxylamine groups is 2. The van der Waals surface area contributed by atoms with Gasteiger partial charge in [0.15, 0.2) is 5.75 Å². The maximum absolute atomic E-state index is 6.03. The van der Waals surface area contributed by atoms with Crippen LogP contribution in [0.4, 0.5) is 5.69 Å². The van der Waals surface area contributed by atoms with Gasteiger partial charge < -0.3 is 14.7 Å². The molecule has 0 radical (unpaired) electrons. The molecule has 2 aliphatic rings. The molecular formula is C23H28N4O. The quantitative estimate of drug-likeness (QED) is 0.739. The number of nitrogens with zero attached hydrogens (tertiary/aromatic N) is 3. The predicted octanol–water partition coefficient (Wildman–Crippen LogP) is 3.53. The van der Waals surface area contributed by atoms with Crippen molar-refractivity contribution in [3.05, 3.63) is 60.3 Å². The molecule has 0 saturated carbocycles. The average Bonchev–Trinajstić information content (AvgIpc) is 3.22. The Bertz CT molecular complexity index is 929. The predicted molar refractivity (Wildman–Crippen MR) is 114 cm³/mol. The zero-order chi connectivity index (χ0) is 18.8. The van der Waals surface area contributed by atoms with Crippen LogP contribution < -0.4 is 9.74 Å². The molecule has 0 aliphatic carbocycles. The van der Waals surface area contributed by atoms with Gasteiger partial charge in [-0.3, -0.25) is 4.90 Å². The van der Waals surface area contributed by atoms with Crippen molar-refractivity contribution in [2.45, 2.75) is 12.8 Å². The van der Waals surface area contributed by atoms with Crippen molar-refractivity contribution in [3.8, 4) is 5.75 Å². The van der Waals surface area contributed by atoms with E-state index in [0.29, 0.717) is 0 Å². The molecule has 1 saturated heterocycles. The lowest BCUT2D eigenvalue weighted by Gasteiger charge is -2.36. The summed E-state index contributed by atoms with van der Waals surface area (Å²) in [6.45, 7) is 7.61. The van der Waals surface area contributed by atoms with Crippen LogP contribution in [0.25, 0.3) is 10.9 Å². The minimum absolute atomic E-state index is 0.992. The number of anilines is 1. The standard InChI is InChI=1S/C23H28N4O/c1-2-5-23-19(4-1)9-13-27(28-23)12-3-11-25-14-16-26(17-15-25)21-6-7-22-20(18-21)8-10-24-22/h1-2,4-8,10,18,24H,3,9,11-17H2. The van der Waals surface area contributed by atoms with Gasteiger partial charge in [-0.15, -0.1) is 5.06 Å². The molecule has 0 spiro atoms. The van der Waals surface area contributed by atoms with Gasteiger partial charge in [-0.2, -0.15) is 0 Å². The molecule has 0 amide bonds. The van der Waals surface area contributed by atoms with Gasteiger partial charge in [-0.1, -0.05) is 18.2 Å². The number of H-pyrrole nitrogens is 1. The van der Waals surface area contributed by atoms with E-state index in [9.17, 15) is 0 Å². The summed E-state index contributed by atoms with van der Waals surface area (Å²) in [6.07, 6.45) is 4.24. The Morgan fingerprint density at radius 1 is 0.893 bits per heavy atom. The van der Waals surface area contributed by atoms with Crippen LogP contribution in [0, 0.1) is 0 Å². The van der Waals surface area contributed by atoms with Gasteiger partial charge >= 0.3 is 0 Å². The number of benzene rings is 2. The summed E-state index contributed by atoms with van der Waals surface area (Å²) in [5.41, 5.74) is 3.88. The Morgan fingerprint density at radius 2 is 1.79 bits per heavy atom. The summed E-state index contributed by atoms with van der Waals surface area (Å²) in [5, 5.41) is 3.42. The summed E-state index contributed by atoms with van der Waals surface area (Å²) < 4.78 is 0. The van der Waals surface area contributed by atoms with Crippen molar-refractivity contribution in [3.63, 3.8) is 0 Å². The van der Waals surface area contributed by atoms with Gasteiger partial charge in [0.1, 0.15) is 0 Å². The van der Waals surface area contributed by atoms with E-state index in [2.05, 4.69) is 68.4 Å². The van der Waals surface area contributed by atoms with Gasteiger partial charge in [-0.05, 0) is 55.3 Å². The molecule has 5 heteroatoms. The van der Waals surface area contributed by atoms with Crippen molar-refractivity contribution in [2.75, 3.05) is 50.7 Å². The van der Waals surface area contributed by atoms with Crippen LogP contribution in [0.1, 0.15) is 12.0 Å². The number of rotatable bonds is 5. The highest BCUT2D eigenvalue weighted by Gasteiger charge is 2.19. The monoisotopic (exact) mass is 376 g/mol. The maximum Gasteiger partial charge on any atom is 0.150 e. The van der Waals surface area contributed by atoms with Gasteiger partial charge in [0, 0.05) is 62.1 Å². The number of aromatic amines is 1. The Morgan fingerprint density at radius 3 is 2.71 bits per heavy atom. The molecule has 3 heterocycles. The second-order valence-corrected chi connectivity index (χ2v) is 7.81.